The Morgan fingerprint density at radius 3 is 1.62 bits per heavy atom. The van der Waals surface area contributed by atoms with E-state index in [1.165, 1.54) is 26.6 Å². The predicted octanol–water partition coefficient (Wildman–Crippen LogP) is 5.03. The number of amides is 2. The molecule has 0 bridgehead atoms. The minimum absolute atomic E-state index is 0.335. The number of hydrazone groups is 2. The van der Waals surface area contributed by atoms with Gasteiger partial charge in [0.25, 0.3) is 0 Å². The summed E-state index contributed by atoms with van der Waals surface area (Å²) < 4.78 is 23.2. The lowest BCUT2D eigenvalue weighted by atomic mass is 10.2. The fourth-order valence-electron chi connectivity index (χ4n) is 2.55. The van der Waals surface area contributed by atoms with Crippen molar-refractivity contribution in [2.75, 3.05) is 27.4 Å². The van der Waals surface area contributed by atoms with E-state index in [0.29, 0.717) is 56.3 Å². The molecule has 11 heteroatoms. The van der Waals surface area contributed by atoms with Crippen molar-refractivity contribution in [2.45, 2.75) is 0 Å². The average molecular weight is 596 g/mol. The van der Waals surface area contributed by atoms with Gasteiger partial charge in [-0.05, 0) is 67.3 Å². The topological polar surface area (TPSA) is 103 Å². The first-order chi connectivity index (χ1) is 16.4. The Morgan fingerprint density at radius 1 is 0.853 bits per heavy atom. The molecule has 0 aliphatic carbocycles. The third-order valence-electron chi connectivity index (χ3n) is 3.95. The second kappa shape index (κ2) is 14.1. The van der Waals surface area contributed by atoms with Gasteiger partial charge in [-0.3, -0.25) is 0 Å². The predicted molar refractivity (Wildman–Crippen MR) is 140 cm³/mol. The number of methoxy groups -OCH3 is 2. The van der Waals surface area contributed by atoms with Gasteiger partial charge in [0.1, 0.15) is 13.2 Å². The number of nitrogens with zero attached hydrogens (tertiary/aromatic N) is 2. The zero-order valence-electron chi connectivity index (χ0n) is 18.6. The van der Waals surface area contributed by atoms with Gasteiger partial charge < -0.3 is 18.9 Å². The third-order valence-corrected chi connectivity index (χ3v) is 5.13. The van der Waals surface area contributed by atoms with Crippen LogP contribution in [0.1, 0.15) is 11.1 Å². The van der Waals surface area contributed by atoms with Crippen LogP contribution in [0.4, 0.5) is 4.79 Å². The van der Waals surface area contributed by atoms with Crippen LogP contribution >= 0.6 is 31.9 Å². The van der Waals surface area contributed by atoms with Gasteiger partial charge in [0.05, 0.1) is 35.6 Å². The van der Waals surface area contributed by atoms with Gasteiger partial charge >= 0.3 is 6.03 Å². The molecular formula is C23H24Br2N4O5. The van der Waals surface area contributed by atoms with Gasteiger partial charge in [-0.25, -0.2) is 15.6 Å². The summed E-state index contributed by atoms with van der Waals surface area (Å²) in [6.45, 7) is 7.92. The summed E-state index contributed by atoms with van der Waals surface area (Å²) in [7, 11) is 3.06. The number of rotatable bonds is 12. The number of carbonyl (C=O) groups is 1. The monoisotopic (exact) mass is 594 g/mol. The van der Waals surface area contributed by atoms with Gasteiger partial charge in [0.15, 0.2) is 23.0 Å². The van der Waals surface area contributed by atoms with Crippen LogP contribution in [0.3, 0.4) is 0 Å². The van der Waals surface area contributed by atoms with Gasteiger partial charge in [0, 0.05) is 0 Å². The van der Waals surface area contributed by atoms with Crippen molar-refractivity contribution < 1.29 is 23.7 Å². The standard InChI is InChI=1S/C23H24Br2N4O5/c1-5-7-33-21-17(24)9-15(11-19(21)31-3)13-26-28-23(30)29-27-14-16-10-18(25)22(34-8-6-2)20(12-16)32-4/h5-6,9-14H,1-2,7-8H2,3-4H3,(H2,28,29,30)/b26-13-,27-14?. The summed E-state index contributed by atoms with van der Waals surface area (Å²) in [6.07, 6.45) is 6.18. The molecule has 9 nitrogen and oxygen atoms in total. The maximum absolute atomic E-state index is 12.0. The van der Waals surface area contributed by atoms with E-state index in [0.717, 1.165) is 0 Å². The van der Waals surface area contributed by atoms with Crippen LogP contribution in [0.15, 0.2) is 68.7 Å². The molecule has 0 heterocycles. The summed E-state index contributed by atoms with van der Waals surface area (Å²) in [6, 6.07) is 6.36. The molecule has 0 unspecified atom stereocenters. The highest BCUT2D eigenvalue weighted by molar-refractivity contribution is 9.11. The molecule has 0 radical (unpaired) electrons. The number of nitrogens with one attached hydrogen (secondary N) is 2. The molecule has 2 aromatic rings. The van der Waals surface area contributed by atoms with Crippen molar-refractivity contribution in [3.05, 3.63) is 69.6 Å². The van der Waals surface area contributed by atoms with Crippen molar-refractivity contribution in [2.24, 2.45) is 10.2 Å². The van der Waals surface area contributed by atoms with Crippen LogP contribution in [-0.4, -0.2) is 45.9 Å². The van der Waals surface area contributed by atoms with Crippen LogP contribution in [0.2, 0.25) is 0 Å². The minimum atomic E-state index is -0.624. The fraction of sp³-hybridized carbons (Fsp3) is 0.174. The maximum Gasteiger partial charge on any atom is 0.355 e. The van der Waals surface area contributed by atoms with E-state index in [1.54, 1.807) is 36.4 Å². The Kier molecular flexibility index (Phi) is 11.1. The van der Waals surface area contributed by atoms with Crippen molar-refractivity contribution >= 4 is 50.3 Å². The molecule has 2 rings (SSSR count). The van der Waals surface area contributed by atoms with Crippen LogP contribution in [0, 0.1) is 0 Å². The number of carbonyl (C=O) groups excluding carboxylic acids is 1. The molecule has 0 aliphatic rings. The number of halogens is 2. The lowest BCUT2D eigenvalue weighted by Crippen LogP contribution is -2.28. The van der Waals surface area contributed by atoms with Crippen molar-refractivity contribution in [1.82, 2.24) is 10.9 Å². The second-order valence-corrected chi connectivity index (χ2v) is 8.05. The highest BCUT2D eigenvalue weighted by Crippen LogP contribution is 2.37. The minimum Gasteiger partial charge on any atom is -0.493 e. The van der Waals surface area contributed by atoms with Crippen LogP contribution in [0.5, 0.6) is 23.0 Å². The molecule has 0 aromatic heterocycles. The number of benzene rings is 2. The molecule has 2 aromatic carbocycles. The lowest BCUT2D eigenvalue weighted by Gasteiger charge is -2.12. The average Bonchev–Trinajstić information content (AvgIpc) is 2.82. The highest BCUT2D eigenvalue weighted by atomic mass is 79.9. The molecule has 0 fully saturated rings. The van der Waals surface area contributed by atoms with E-state index < -0.39 is 6.03 Å². The van der Waals surface area contributed by atoms with Gasteiger partial charge in [-0.15, -0.1) is 0 Å². The Hall–Kier alpha value is -3.31. The Morgan fingerprint density at radius 2 is 1.26 bits per heavy atom. The normalized spacial score (nSPS) is 10.7. The molecule has 2 amide bonds. The van der Waals surface area contributed by atoms with E-state index in [2.05, 4.69) is 66.1 Å². The molecule has 0 aliphatic heterocycles. The van der Waals surface area contributed by atoms with E-state index in [9.17, 15) is 4.79 Å². The Labute approximate surface area is 214 Å². The van der Waals surface area contributed by atoms with Gasteiger partial charge in [-0.2, -0.15) is 10.2 Å². The Bertz CT molecular complexity index is 1010. The maximum atomic E-state index is 12.0. The molecule has 34 heavy (non-hydrogen) atoms. The van der Waals surface area contributed by atoms with Crippen molar-refractivity contribution in [3.63, 3.8) is 0 Å². The number of hydrogen-bond donors (Lipinski definition) is 2. The summed E-state index contributed by atoms with van der Waals surface area (Å²) >= 11 is 6.87. The van der Waals surface area contributed by atoms with Crippen LogP contribution < -0.4 is 29.8 Å². The fourth-order valence-corrected chi connectivity index (χ4v) is 3.70. The summed E-state index contributed by atoms with van der Waals surface area (Å²) in [5, 5.41) is 7.82. The molecule has 2 N–H and O–H groups in total. The molecule has 0 spiro atoms. The van der Waals surface area contributed by atoms with Crippen molar-refractivity contribution in [1.29, 1.82) is 0 Å². The van der Waals surface area contributed by atoms with E-state index in [4.69, 9.17) is 18.9 Å². The molecule has 180 valence electrons. The largest absolute Gasteiger partial charge is 0.493 e. The first kappa shape index (κ1) is 26.9. The molecular weight excluding hydrogens is 572 g/mol. The highest BCUT2D eigenvalue weighted by Gasteiger charge is 2.12. The van der Waals surface area contributed by atoms with Crippen LogP contribution in [0.25, 0.3) is 0 Å². The Balaban J connectivity index is 1.98. The zero-order valence-corrected chi connectivity index (χ0v) is 21.8. The van der Waals surface area contributed by atoms with Gasteiger partial charge in [-0.1, -0.05) is 25.3 Å². The first-order valence-electron chi connectivity index (χ1n) is 9.78. The second-order valence-electron chi connectivity index (χ2n) is 6.34. The van der Waals surface area contributed by atoms with Gasteiger partial charge in [0.2, 0.25) is 0 Å². The van der Waals surface area contributed by atoms with Crippen molar-refractivity contribution in [3.8, 4) is 23.0 Å². The smallest absolute Gasteiger partial charge is 0.355 e. The summed E-state index contributed by atoms with van der Waals surface area (Å²) in [5.41, 5.74) is 6.01. The number of urea groups is 1. The number of hydrogen-bond acceptors (Lipinski definition) is 7. The quantitative estimate of drug-likeness (QED) is 0.204. The molecule has 0 saturated heterocycles. The lowest BCUT2D eigenvalue weighted by molar-refractivity contribution is 0.242. The van der Waals surface area contributed by atoms with E-state index in [-0.39, 0.29) is 0 Å². The molecule has 0 saturated carbocycles. The number of ether oxygens (including phenoxy) is 4. The molecule has 0 atom stereocenters. The zero-order chi connectivity index (χ0) is 24.9. The SMILES string of the molecule is C=CCOc1c(Br)cc(C=NNC(=O)N/N=C\c2cc(Br)c(OCC=C)c(OC)c2)cc1OC. The van der Waals surface area contributed by atoms with E-state index in [1.807, 2.05) is 0 Å². The van der Waals surface area contributed by atoms with Crippen LogP contribution in [-0.2, 0) is 0 Å². The summed E-state index contributed by atoms with van der Waals surface area (Å²) in [5.74, 6) is 2.11. The summed E-state index contributed by atoms with van der Waals surface area (Å²) in [4.78, 5) is 12.0. The third kappa shape index (κ3) is 7.92. The first-order valence-corrected chi connectivity index (χ1v) is 11.4. The van der Waals surface area contributed by atoms with E-state index >= 15 is 0 Å².